The summed E-state index contributed by atoms with van der Waals surface area (Å²) in [7, 11) is 0. The van der Waals surface area contributed by atoms with Gasteiger partial charge < -0.3 is 0 Å². The summed E-state index contributed by atoms with van der Waals surface area (Å²) in [6.07, 6.45) is 0. The van der Waals surface area contributed by atoms with Gasteiger partial charge in [-0.15, -0.1) is 10.2 Å². The normalized spacial score (nSPS) is 11.0. The van der Waals surface area contributed by atoms with Gasteiger partial charge in [0.05, 0.1) is 0 Å². The third-order valence-corrected chi connectivity index (χ3v) is 6.01. The van der Waals surface area contributed by atoms with Crippen molar-refractivity contribution >= 4 is 27.7 Å². The fraction of sp³-hybridized carbons (Fsp3) is 0.130. The summed E-state index contributed by atoms with van der Waals surface area (Å²) in [5, 5.41) is 9.95. The molecule has 4 rings (SSSR count). The van der Waals surface area contributed by atoms with Crippen LogP contribution in [-0.2, 0) is 5.75 Å². The Hall–Kier alpha value is -2.37. The van der Waals surface area contributed by atoms with Gasteiger partial charge >= 0.3 is 0 Å². The van der Waals surface area contributed by atoms with Crippen LogP contribution in [0, 0.1) is 13.8 Å². The van der Waals surface area contributed by atoms with E-state index in [0.29, 0.717) is 0 Å². The highest BCUT2D eigenvalue weighted by Gasteiger charge is 2.16. The predicted molar refractivity (Wildman–Crippen MR) is 120 cm³/mol. The van der Waals surface area contributed by atoms with E-state index < -0.39 is 0 Å². The van der Waals surface area contributed by atoms with Gasteiger partial charge in [-0.2, -0.15) is 0 Å². The molecule has 0 saturated carbocycles. The molecule has 0 spiro atoms. The number of aryl methyl sites for hydroxylation is 2. The van der Waals surface area contributed by atoms with E-state index in [4.69, 9.17) is 0 Å². The summed E-state index contributed by atoms with van der Waals surface area (Å²) in [5.41, 5.74) is 5.84. The number of aromatic nitrogens is 3. The molecule has 0 saturated heterocycles. The molecular weight excluding hydrogens is 430 g/mol. The maximum absolute atomic E-state index is 4.54. The van der Waals surface area contributed by atoms with Crippen molar-refractivity contribution in [3.63, 3.8) is 0 Å². The maximum atomic E-state index is 4.54. The zero-order valence-corrected chi connectivity index (χ0v) is 18.2. The van der Waals surface area contributed by atoms with E-state index in [9.17, 15) is 0 Å². The van der Waals surface area contributed by atoms with Gasteiger partial charge in [0.2, 0.25) is 0 Å². The monoisotopic (exact) mass is 449 g/mol. The molecule has 0 atom stereocenters. The van der Waals surface area contributed by atoms with Crippen LogP contribution >= 0.6 is 27.7 Å². The Kier molecular flexibility index (Phi) is 5.64. The average Bonchev–Trinajstić information content (AvgIpc) is 3.12. The van der Waals surface area contributed by atoms with E-state index in [-0.39, 0.29) is 0 Å². The molecule has 0 N–H and O–H groups in total. The van der Waals surface area contributed by atoms with Gasteiger partial charge in [-0.05, 0) is 49.7 Å². The molecule has 4 aromatic rings. The lowest BCUT2D eigenvalue weighted by atomic mass is 10.1. The highest BCUT2D eigenvalue weighted by Crippen LogP contribution is 2.30. The molecule has 1 aromatic heterocycles. The third-order valence-electron chi connectivity index (χ3n) is 4.48. The molecule has 0 aliphatic rings. The zero-order valence-electron chi connectivity index (χ0n) is 15.8. The summed E-state index contributed by atoms with van der Waals surface area (Å²) in [5.74, 6) is 1.70. The number of thioether (sulfide) groups is 1. The van der Waals surface area contributed by atoms with Gasteiger partial charge in [0.1, 0.15) is 0 Å². The van der Waals surface area contributed by atoms with Crippen LogP contribution in [0.3, 0.4) is 0 Å². The number of nitrogens with zero attached hydrogens (tertiary/aromatic N) is 3. The standard InChI is InChI=1S/C23H20BrN3S/c1-16-6-12-21(13-7-16)27-22(19-5-3-4-17(2)14-19)25-26-23(27)28-15-18-8-10-20(24)11-9-18/h3-14H,15H2,1-2H3. The van der Waals surface area contributed by atoms with E-state index >= 15 is 0 Å². The second kappa shape index (κ2) is 8.33. The quantitative estimate of drug-likeness (QED) is 0.321. The van der Waals surface area contributed by atoms with Crippen molar-refractivity contribution in [2.24, 2.45) is 0 Å². The SMILES string of the molecule is Cc1ccc(-n2c(SCc3ccc(Br)cc3)nnc2-c2cccc(C)c2)cc1. The lowest BCUT2D eigenvalue weighted by Gasteiger charge is -2.11. The summed E-state index contributed by atoms with van der Waals surface area (Å²) < 4.78 is 3.24. The van der Waals surface area contributed by atoms with Gasteiger partial charge in [-0.3, -0.25) is 4.57 Å². The van der Waals surface area contributed by atoms with Crippen molar-refractivity contribution in [3.8, 4) is 17.1 Å². The van der Waals surface area contributed by atoms with Crippen LogP contribution in [0.2, 0.25) is 0 Å². The van der Waals surface area contributed by atoms with Crippen LogP contribution in [0.15, 0.2) is 82.4 Å². The molecule has 3 nitrogen and oxygen atoms in total. The Labute approximate surface area is 178 Å². The summed E-state index contributed by atoms with van der Waals surface area (Å²) in [4.78, 5) is 0. The molecule has 0 unspecified atom stereocenters. The average molecular weight is 450 g/mol. The Morgan fingerprint density at radius 2 is 1.61 bits per heavy atom. The van der Waals surface area contributed by atoms with Crippen LogP contribution in [0.25, 0.3) is 17.1 Å². The largest absolute Gasteiger partial charge is 0.270 e. The number of rotatable bonds is 5. The van der Waals surface area contributed by atoms with Crippen molar-refractivity contribution in [3.05, 3.63) is 94.0 Å². The number of halogens is 1. The van der Waals surface area contributed by atoms with Crippen LogP contribution < -0.4 is 0 Å². The van der Waals surface area contributed by atoms with Gasteiger partial charge in [0.25, 0.3) is 0 Å². The molecule has 1 heterocycles. The lowest BCUT2D eigenvalue weighted by molar-refractivity contribution is 0.885. The van der Waals surface area contributed by atoms with Crippen molar-refractivity contribution < 1.29 is 0 Å². The van der Waals surface area contributed by atoms with E-state index in [1.54, 1.807) is 11.8 Å². The number of benzene rings is 3. The second-order valence-corrected chi connectivity index (χ2v) is 8.62. The van der Waals surface area contributed by atoms with Gasteiger partial charge in [-0.1, -0.05) is 81.3 Å². The third kappa shape index (κ3) is 4.21. The highest BCUT2D eigenvalue weighted by atomic mass is 79.9. The van der Waals surface area contributed by atoms with Crippen molar-refractivity contribution in [1.29, 1.82) is 0 Å². The van der Waals surface area contributed by atoms with Crippen molar-refractivity contribution in [2.75, 3.05) is 0 Å². The molecule has 0 radical (unpaired) electrons. The first-order valence-corrected chi connectivity index (χ1v) is 10.8. The first kappa shape index (κ1) is 19.0. The zero-order chi connectivity index (χ0) is 19.5. The molecule has 5 heteroatoms. The van der Waals surface area contributed by atoms with E-state index in [1.807, 2.05) is 0 Å². The summed E-state index contributed by atoms with van der Waals surface area (Å²) in [6.45, 7) is 4.19. The van der Waals surface area contributed by atoms with Crippen LogP contribution in [0.5, 0.6) is 0 Å². The minimum Gasteiger partial charge on any atom is -0.270 e. The summed E-state index contributed by atoms with van der Waals surface area (Å²) in [6, 6.07) is 25.3. The fourth-order valence-electron chi connectivity index (χ4n) is 2.99. The predicted octanol–water partition coefficient (Wildman–Crippen LogP) is 6.61. The van der Waals surface area contributed by atoms with Gasteiger partial charge in [0.15, 0.2) is 11.0 Å². The Morgan fingerprint density at radius 3 is 2.32 bits per heavy atom. The molecule has 0 fully saturated rings. The van der Waals surface area contributed by atoms with Gasteiger partial charge in [-0.25, -0.2) is 0 Å². The number of hydrogen-bond acceptors (Lipinski definition) is 3. The first-order chi connectivity index (χ1) is 13.6. The molecule has 0 bridgehead atoms. The Morgan fingerprint density at radius 1 is 0.857 bits per heavy atom. The number of hydrogen-bond donors (Lipinski definition) is 0. The van der Waals surface area contributed by atoms with E-state index in [1.165, 1.54) is 16.7 Å². The Balaban J connectivity index is 1.73. The molecule has 0 aliphatic heterocycles. The topological polar surface area (TPSA) is 30.7 Å². The second-order valence-electron chi connectivity index (χ2n) is 6.76. The molecule has 0 amide bonds. The minimum absolute atomic E-state index is 0.838. The van der Waals surface area contributed by atoms with Crippen molar-refractivity contribution in [2.45, 2.75) is 24.8 Å². The first-order valence-electron chi connectivity index (χ1n) is 9.07. The Bertz CT molecular complexity index is 1090. The lowest BCUT2D eigenvalue weighted by Crippen LogP contribution is -2.00. The van der Waals surface area contributed by atoms with Crippen LogP contribution in [-0.4, -0.2) is 14.8 Å². The maximum Gasteiger partial charge on any atom is 0.196 e. The molecule has 28 heavy (non-hydrogen) atoms. The summed E-state index contributed by atoms with van der Waals surface area (Å²) >= 11 is 5.19. The molecular formula is C23H20BrN3S. The van der Waals surface area contributed by atoms with Crippen LogP contribution in [0.1, 0.15) is 16.7 Å². The molecule has 140 valence electrons. The fourth-order valence-corrected chi connectivity index (χ4v) is 4.16. The molecule has 3 aromatic carbocycles. The van der Waals surface area contributed by atoms with E-state index in [0.717, 1.165) is 32.5 Å². The minimum atomic E-state index is 0.838. The van der Waals surface area contributed by atoms with Crippen molar-refractivity contribution in [1.82, 2.24) is 14.8 Å². The van der Waals surface area contributed by atoms with Crippen LogP contribution in [0.4, 0.5) is 0 Å². The van der Waals surface area contributed by atoms with Gasteiger partial charge in [0, 0.05) is 21.5 Å². The van der Waals surface area contributed by atoms with E-state index in [2.05, 4.69) is 117 Å². The highest BCUT2D eigenvalue weighted by molar-refractivity contribution is 9.10. The molecule has 0 aliphatic carbocycles. The smallest absolute Gasteiger partial charge is 0.196 e.